The van der Waals surface area contributed by atoms with Crippen LogP contribution in [0.25, 0.3) is 22.2 Å². The monoisotopic (exact) mass is 406 g/mol. The lowest BCUT2D eigenvalue weighted by molar-refractivity contribution is -0.908. The predicted octanol–water partition coefficient (Wildman–Crippen LogP) is 1.95. The van der Waals surface area contributed by atoms with Crippen molar-refractivity contribution in [2.24, 2.45) is 0 Å². The zero-order valence-corrected chi connectivity index (χ0v) is 17.3. The molecule has 1 aromatic heterocycles. The van der Waals surface area contributed by atoms with Crippen molar-refractivity contribution in [3.63, 3.8) is 0 Å². The molecule has 2 aromatic carbocycles. The standard InChI is InChI=1S/C24H27N3O3/c1-29-19-9-7-18(8-10-19)23-17-21(20-5-2-3-6-22(20)26-23)24(28)25-11-4-12-27-13-15-30-16-14-27/h2-3,5-10,17H,4,11-16H2,1H3,(H,25,28)/p+1. The number of hydrogen-bond donors (Lipinski definition) is 2. The summed E-state index contributed by atoms with van der Waals surface area (Å²) in [6, 6.07) is 17.4. The van der Waals surface area contributed by atoms with Crippen LogP contribution in [0.3, 0.4) is 0 Å². The van der Waals surface area contributed by atoms with Gasteiger partial charge in [0.15, 0.2) is 0 Å². The van der Waals surface area contributed by atoms with Gasteiger partial charge in [-0.3, -0.25) is 4.79 Å². The Morgan fingerprint density at radius 1 is 1.13 bits per heavy atom. The molecule has 1 amide bonds. The van der Waals surface area contributed by atoms with Crippen molar-refractivity contribution in [3.8, 4) is 17.0 Å². The fraction of sp³-hybridized carbons (Fsp3) is 0.333. The Kier molecular flexibility index (Phi) is 6.57. The van der Waals surface area contributed by atoms with Gasteiger partial charge in [0.05, 0.1) is 43.6 Å². The molecule has 3 aromatic rings. The van der Waals surface area contributed by atoms with Crippen molar-refractivity contribution in [2.75, 3.05) is 46.5 Å². The summed E-state index contributed by atoms with van der Waals surface area (Å²) in [4.78, 5) is 19.3. The first-order valence-electron chi connectivity index (χ1n) is 10.5. The number of amides is 1. The summed E-state index contributed by atoms with van der Waals surface area (Å²) in [6.07, 6.45) is 0.954. The molecule has 2 heterocycles. The third kappa shape index (κ3) is 4.78. The quantitative estimate of drug-likeness (QED) is 0.589. The summed E-state index contributed by atoms with van der Waals surface area (Å²) in [7, 11) is 1.65. The first-order chi connectivity index (χ1) is 14.7. The highest BCUT2D eigenvalue weighted by Gasteiger charge is 2.15. The molecule has 1 aliphatic heterocycles. The molecular weight excluding hydrogens is 378 g/mol. The molecule has 1 fully saturated rings. The van der Waals surface area contributed by atoms with Crippen LogP contribution in [0.2, 0.25) is 0 Å². The van der Waals surface area contributed by atoms with Gasteiger partial charge in [0.2, 0.25) is 0 Å². The van der Waals surface area contributed by atoms with Crippen molar-refractivity contribution in [3.05, 3.63) is 60.2 Å². The summed E-state index contributed by atoms with van der Waals surface area (Å²) in [5, 5.41) is 3.96. The lowest BCUT2D eigenvalue weighted by Crippen LogP contribution is -3.14. The fourth-order valence-electron chi connectivity index (χ4n) is 3.82. The zero-order chi connectivity index (χ0) is 20.8. The lowest BCUT2D eigenvalue weighted by Gasteiger charge is -2.23. The van der Waals surface area contributed by atoms with Crippen LogP contribution in [0.4, 0.5) is 0 Å². The van der Waals surface area contributed by atoms with Gasteiger partial charge < -0.3 is 19.7 Å². The second-order valence-electron chi connectivity index (χ2n) is 7.52. The van der Waals surface area contributed by atoms with E-state index in [1.807, 2.05) is 54.6 Å². The van der Waals surface area contributed by atoms with Gasteiger partial charge in [-0.1, -0.05) is 18.2 Å². The van der Waals surface area contributed by atoms with Crippen molar-refractivity contribution in [2.45, 2.75) is 6.42 Å². The van der Waals surface area contributed by atoms with E-state index in [0.717, 1.165) is 67.2 Å². The Labute approximate surface area is 176 Å². The number of carbonyl (C=O) groups excluding carboxylic acids is 1. The van der Waals surface area contributed by atoms with Crippen molar-refractivity contribution < 1.29 is 19.2 Å². The van der Waals surface area contributed by atoms with Crippen LogP contribution in [0.5, 0.6) is 5.75 Å². The molecule has 0 aliphatic carbocycles. The fourth-order valence-corrected chi connectivity index (χ4v) is 3.82. The first kappa shape index (κ1) is 20.3. The van der Waals surface area contributed by atoms with E-state index in [4.69, 9.17) is 14.5 Å². The Balaban J connectivity index is 1.50. The molecule has 156 valence electrons. The average Bonchev–Trinajstić information content (AvgIpc) is 2.81. The zero-order valence-electron chi connectivity index (χ0n) is 17.3. The molecule has 0 spiro atoms. The summed E-state index contributed by atoms with van der Waals surface area (Å²) in [5.74, 6) is 0.736. The van der Waals surface area contributed by atoms with Crippen LogP contribution in [-0.4, -0.2) is 57.4 Å². The largest absolute Gasteiger partial charge is 0.497 e. The van der Waals surface area contributed by atoms with E-state index >= 15 is 0 Å². The third-order valence-electron chi connectivity index (χ3n) is 5.54. The molecule has 0 radical (unpaired) electrons. The van der Waals surface area contributed by atoms with Gasteiger partial charge in [0, 0.05) is 23.9 Å². The van der Waals surface area contributed by atoms with Gasteiger partial charge >= 0.3 is 0 Å². The van der Waals surface area contributed by atoms with Gasteiger partial charge in [0.25, 0.3) is 5.91 Å². The van der Waals surface area contributed by atoms with E-state index in [1.54, 1.807) is 12.0 Å². The molecular formula is C24H28N3O3+. The molecule has 0 atom stereocenters. The average molecular weight is 407 g/mol. The van der Waals surface area contributed by atoms with Gasteiger partial charge in [-0.25, -0.2) is 4.98 Å². The Bertz CT molecular complexity index is 998. The van der Waals surface area contributed by atoms with E-state index in [0.29, 0.717) is 12.1 Å². The number of nitrogens with one attached hydrogen (secondary N) is 2. The van der Waals surface area contributed by atoms with Crippen LogP contribution in [-0.2, 0) is 4.74 Å². The molecule has 6 heteroatoms. The summed E-state index contributed by atoms with van der Waals surface area (Å²) >= 11 is 0. The number of quaternary nitrogens is 1. The minimum absolute atomic E-state index is 0.0552. The Morgan fingerprint density at radius 3 is 2.67 bits per heavy atom. The number of carbonyl (C=O) groups is 1. The molecule has 6 nitrogen and oxygen atoms in total. The lowest BCUT2D eigenvalue weighted by atomic mass is 10.0. The topological polar surface area (TPSA) is 64.9 Å². The smallest absolute Gasteiger partial charge is 0.252 e. The van der Waals surface area contributed by atoms with E-state index in [9.17, 15) is 4.79 Å². The molecule has 1 saturated heterocycles. The van der Waals surface area contributed by atoms with Crippen LogP contribution in [0.1, 0.15) is 16.8 Å². The Hall–Kier alpha value is -2.96. The molecule has 4 rings (SSSR count). The number of rotatable bonds is 7. The number of pyridine rings is 1. The third-order valence-corrected chi connectivity index (χ3v) is 5.54. The normalized spacial score (nSPS) is 14.6. The summed E-state index contributed by atoms with van der Waals surface area (Å²) < 4.78 is 10.6. The highest BCUT2D eigenvalue weighted by atomic mass is 16.5. The number of fused-ring (bicyclic) bond motifs is 1. The van der Waals surface area contributed by atoms with Crippen molar-refractivity contribution in [1.29, 1.82) is 0 Å². The van der Waals surface area contributed by atoms with Gasteiger partial charge in [-0.05, 0) is 36.4 Å². The maximum atomic E-state index is 13.0. The summed E-state index contributed by atoms with van der Waals surface area (Å²) in [6.45, 7) is 5.48. The number of benzene rings is 2. The molecule has 1 aliphatic rings. The van der Waals surface area contributed by atoms with Gasteiger partial charge in [0.1, 0.15) is 18.8 Å². The number of methoxy groups -OCH3 is 1. The predicted molar refractivity (Wildman–Crippen MR) is 117 cm³/mol. The van der Waals surface area contributed by atoms with E-state index in [-0.39, 0.29) is 5.91 Å². The highest BCUT2D eigenvalue weighted by molar-refractivity contribution is 6.07. The first-order valence-corrected chi connectivity index (χ1v) is 10.5. The highest BCUT2D eigenvalue weighted by Crippen LogP contribution is 2.26. The molecule has 0 bridgehead atoms. The molecule has 0 unspecified atom stereocenters. The molecule has 2 N–H and O–H groups in total. The number of hydrogen-bond acceptors (Lipinski definition) is 4. The number of morpholine rings is 1. The van der Waals surface area contributed by atoms with Gasteiger partial charge in [-0.2, -0.15) is 0 Å². The van der Waals surface area contributed by atoms with Crippen LogP contribution in [0.15, 0.2) is 54.6 Å². The van der Waals surface area contributed by atoms with E-state index in [1.165, 1.54) is 0 Å². The van der Waals surface area contributed by atoms with Gasteiger partial charge in [-0.15, -0.1) is 0 Å². The van der Waals surface area contributed by atoms with E-state index in [2.05, 4.69) is 5.32 Å². The second-order valence-corrected chi connectivity index (χ2v) is 7.52. The maximum absolute atomic E-state index is 13.0. The SMILES string of the molecule is COc1ccc(-c2cc(C(=O)NCCC[NH+]3CCOCC3)c3ccccc3n2)cc1. The van der Waals surface area contributed by atoms with Crippen LogP contribution in [0, 0.1) is 0 Å². The number of aromatic nitrogens is 1. The maximum Gasteiger partial charge on any atom is 0.252 e. The minimum Gasteiger partial charge on any atom is -0.497 e. The second kappa shape index (κ2) is 9.69. The van der Waals surface area contributed by atoms with Crippen LogP contribution < -0.4 is 15.0 Å². The number of nitrogens with zero attached hydrogens (tertiary/aromatic N) is 1. The van der Waals surface area contributed by atoms with Crippen molar-refractivity contribution in [1.82, 2.24) is 10.3 Å². The number of ether oxygens (including phenoxy) is 2. The Morgan fingerprint density at radius 2 is 1.90 bits per heavy atom. The van der Waals surface area contributed by atoms with E-state index < -0.39 is 0 Å². The summed E-state index contributed by atoms with van der Waals surface area (Å²) in [5.41, 5.74) is 3.20. The molecule has 0 saturated carbocycles. The van der Waals surface area contributed by atoms with Crippen molar-refractivity contribution >= 4 is 16.8 Å². The number of para-hydroxylation sites is 1. The molecule has 30 heavy (non-hydrogen) atoms. The van der Waals surface area contributed by atoms with Crippen LogP contribution >= 0.6 is 0 Å². The minimum atomic E-state index is -0.0552.